The highest BCUT2D eigenvalue weighted by Crippen LogP contribution is 2.20. The van der Waals surface area contributed by atoms with Crippen molar-refractivity contribution in [2.45, 2.75) is 0 Å². The quantitative estimate of drug-likeness (QED) is 0.296. The smallest absolute Gasteiger partial charge is 0.272 e. The van der Waals surface area contributed by atoms with E-state index in [0.29, 0.717) is 17.9 Å². The number of nitrogens with zero attached hydrogens (tertiary/aromatic N) is 2. The van der Waals surface area contributed by atoms with Crippen LogP contribution in [-0.4, -0.2) is 39.7 Å². The number of carbonyl (C=O) groups is 1. The number of benzene rings is 1. The molecule has 0 saturated carbocycles. The van der Waals surface area contributed by atoms with E-state index < -0.39 is 0 Å². The van der Waals surface area contributed by atoms with Crippen molar-refractivity contribution >= 4 is 28.1 Å². The highest BCUT2D eigenvalue weighted by Gasteiger charge is 2.11. The third kappa shape index (κ3) is 4.91. The van der Waals surface area contributed by atoms with Gasteiger partial charge in [-0.2, -0.15) is 5.10 Å². The normalized spacial score (nSPS) is 13.7. The first kappa shape index (κ1) is 20.6. The van der Waals surface area contributed by atoms with Crippen LogP contribution in [0.15, 0.2) is 79.1 Å². The Morgan fingerprint density at radius 3 is 3.00 bits per heavy atom. The van der Waals surface area contributed by atoms with Gasteiger partial charge in [-0.1, -0.05) is 24.1 Å². The van der Waals surface area contributed by atoms with E-state index in [1.165, 1.54) is 0 Å². The molecule has 1 aliphatic rings. The van der Waals surface area contributed by atoms with E-state index in [9.17, 15) is 4.79 Å². The summed E-state index contributed by atoms with van der Waals surface area (Å²) in [6.45, 7) is 0.626. The molecule has 8 nitrogen and oxygen atoms in total. The van der Waals surface area contributed by atoms with Gasteiger partial charge in [0.05, 0.1) is 11.9 Å². The van der Waals surface area contributed by atoms with E-state index in [-0.39, 0.29) is 5.91 Å². The molecule has 4 rings (SSSR count). The zero-order chi connectivity index (χ0) is 22.3. The minimum atomic E-state index is -0.199. The molecule has 8 heteroatoms. The van der Waals surface area contributed by atoms with Crippen LogP contribution in [0.1, 0.15) is 16.1 Å². The molecule has 32 heavy (non-hydrogen) atoms. The molecule has 1 aromatic carbocycles. The number of fused-ring (bicyclic) bond motifs is 1. The predicted octanol–water partition coefficient (Wildman–Crippen LogP) is 3.11. The van der Waals surface area contributed by atoms with Gasteiger partial charge in [-0.15, -0.1) is 6.42 Å². The van der Waals surface area contributed by atoms with Gasteiger partial charge in [0.2, 0.25) is 0 Å². The second-order valence-corrected chi connectivity index (χ2v) is 7.12. The van der Waals surface area contributed by atoms with Gasteiger partial charge in [-0.3, -0.25) is 14.9 Å². The van der Waals surface area contributed by atoms with Gasteiger partial charge < -0.3 is 21.0 Å². The van der Waals surface area contributed by atoms with E-state index in [1.54, 1.807) is 23.6 Å². The largest absolute Gasteiger partial charge is 0.382 e. The Bertz CT molecular complexity index is 1270. The van der Waals surface area contributed by atoms with Crippen molar-refractivity contribution in [3.8, 4) is 12.3 Å². The molecular weight excluding hydrogens is 402 g/mol. The molecule has 1 aliphatic heterocycles. The molecule has 0 radical (unpaired) electrons. The monoisotopic (exact) mass is 425 g/mol. The fraction of sp³-hybridized carbons (Fsp3) is 0.0833. The maximum Gasteiger partial charge on any atom is 0.272 e. The van der Waals surface area contributed by atoms with E-state index >= 15 is 0 Å². The highest BCUT2D eigenvalue weighted by molar-refractivity contribution is 5.99. The van der Waals surface area contributed by atoms with Gasteiger partial charge in [-0.05, 0) is 30.4 Å². The lowest BCUT2D eigenvalue weighted by Gasteiger charge is -2.19. The number of nitrogens with one attached hydrogen (secondary N) is 5. The number of terminal acetylenes is 1. The average Bonchev–Trinajstić information content (AvgIpc) is 3.47. The number of allylic oxidation sites excluding steroid dienone is 4. The third-order valence-corrected chi connectivity index (χ3v) is 4.81. The van der Waals surface area contributed by atoms with Crippen LogP contribution in [0.3, 0.4) is 0 Å². The second-order valence-electron chi connectivity index (χ2n) is 7.12. The maximum atomic E-state index is 12.5. The van der Waals surface area contributed by atoms with Crippen LogP contribution >= 0.6 is 0 Å². The number of H-pyrrole nitrogens is 2. The van der Waals surface area contributed by atoms with Crippen LogP contribution < -0.4 is 16.1 Å². The number of anilines is 1. The molecular formula is C24H23N7O. The summed E-state index contributed by atoms with van der Waals surface area (Å²) in [5.41, 5.74) is 7.64. The summed E-state index contributed by atoms with van der Waals surface area (Å²) in [7, 11) is 1.87. The summed E-state index contributed by atoms with van der Waals surface area (Å²) >= 11 is 0. The first-order chi connectivity index (χ1) is 15.6. The van der Waals surface area contributed by atoms with E-state index in [2.05, 4.69) is 37.2 Å². The molecule has 5 N–H and O–H groups in total. The molecule has 0 atom stereocenters. The van der Waals surface area contributed by atoms with Crippen molar-refractivity contribution in [1.29, 1.82) is 0 Å². The Balaban J connectivity index is 1.36. The van der Waals surface area contributed by atoms with E-state index in [1.807, 2.05) is 61.8 Å². The van der Waals surface area contributed by atoms with Crippen molar-refractivity contribution in [2.24, 2.45) is 0 Å². The van der Waals surface area contributed by atoms with Gasteiger partial charge >= 0.3 is 0 Å². The lowest BCUT2D eigenvalue weighted by molar-refractivity contribution is 0.0962. The van der Waals surface area contributed by atoms with Crippen LogP contribution in [0.2, 0.25) is 0 Å². The third-order valence-electron chi connectivity index (χ3n) is 4.81. The Morgan fingerprint density at radius 2 is 2.25 bits per heavy atom. The summed E-state index contributed by atoms with van der Waals surface area (Å²) in [5, 5.41) is 15.6. The Morgan fingerprint density at radius 1 is 1.34 bits per heavy atom. The number of aromatic nitrogens is 3. The molecule has 0 fully saturated rings. The molecule has 0 spiro atoms. The molecule has 2 aromatic heterocycles. The molecule has 0 unspecified atom stereocenters. The zero-order valence-electron chi connectivity index (χ0n) is 17.5. The predicted molar refractivity (Wildman–Crippen MR) is 127 cm³/mol. The fourth-order valence-corrected chi connectivity index (χ4v) is 3.13. The SMILES string of the molecule is C#C/C(=C\C=C/CNc1ccc2cc(C(=O)NC3=CNN(C)C=C3)[nH]c2c1)c1cn[nH]c1. The summed E-state index contributed by atoms with van der Waals surface area (Å²) < 4.78 is 0. The summed E-state index contributed by atoms with van der Waals surface area (Å²) in [6.07, 6.45) is 20.1. The fourth-order valence-electron chi connectivity index (χ4n) is 3.13. The first-order valence-corrected chi connectivity index (χ1v) is 10.0. The first-order valence-electron chi connectivity index (χ1n) is 10.0. The van der Waals surface area contributed by atoms with Crippen molar-refractivity contribution in [1.82, 2.24) is 30.9 Å². The summed E-state index contributed by atoms with van der Waals surface area (Å²) in [4.78, 5) is 15.7. The van der Waals surface area contributed by atoms with Gasteiger partial charge in [-0.25, -0.2) is 0 Å². The van der Waals surface area contributed by atoms with Crippen LogP contribution in [0.4, 0.5) is 5.69 Å². The average molecular weight is 425 g/mol. The lowest BCUT2D eigenvalue weighted by atomic mass is 10.1. The lowest BCUT2D eigenvalue weighted by Crippen LogP contribution is -2.31. The van der Waals surface area contributed by atoms with Crippen LogP contribution in [0.5, 0.6) is 0 Å². The topological polar surface area (TPSA) is 101 Å². The van der Waals surface area contributed by atoms with Gasteiger partial charge in [0.15, 0.2) is 0 Å². The van der Waals surface area contributed by atoms with Gasteiger partial charge in [0, 0.05) is 59.9 Å². The van der Waals surface area contributed by atoms with Crippen molar-refractivity contribution in [2.75, 3.05) is 18.9 Å². The zero-order valence-corrected chi connectivity index (χ0v) is 17.5. The number of aromatic amines is 2. The second kappa shape index (κ2) is 9.45. The number of amides is 1. The van der Waals surface area contributed by atoms with Gasteiger partial charge in [0.1, 0.15) is 5.69 Å². The van der Waals surface area contributed by atoms with Crippen molar-refractivity contribution in [3.05, 3.63) is 90.3 Å². The molecule has 0 aliphatic carbocycles. The number of carbonyl (C=O) groups excluding carboxylic acids is 1. The van der Waals surface area contributed by atoms with Crippen molar-refractivity contribution < 1.29 is 4.79 Å². The maximum absolute atomic E-state index is 12.5. The number of hydrogen-bond acceptors (Lipinski definition) is 5. The number of rotatable bonds is 7. The Labute approximate surface area is 185 Å². The van der Waals surface area contributed by atoms with Crippen LogP contribution in [0.25, 0.3) is 16.5 Å². The van der Waals surface area contributed by atoms with Gasteiger partial charge in [0.25, 0.3) is 5.91 Å². The Kier molecular flexibility index (Phi) is 6.09. The summed E-state index contributed by atoms with van der Waals surface area (Å²) in [6, 6.07) is 7.76. The molecule has 3 aromatic rings. The minimum absolute atomic E-state index is 0.199. The molecule has 0 saturated heterocycles. The molecule has 3 heterocycles. The number of hydrogen-bond donors (Lipinski definition) is 5. The van der Waals surface area contributed by atoms with Crippen LogP contribution in [0, 0.1) is 12.3 Å². The highest BCUT2D eigenvalue weighted by atomic mass is 16.1. The number of hydrazine groups is 1. The van der Waals surface area contributed by atoms with E-state index in [0.717, 1.165) is 27.7 Å². The minimum Gasteiger partial charge on any atom is -0.382 e. The standard InChI is InChI=1S/C24H23N7O/c1-3-17(19-14-26-27-15-19)6-4-5-10-25-20-8-7-18-12-23(30-22(18)13-20)24(32)29-21-9-11-31(2)28-16-21/h1,4-9,11-16,25,28,30H,10H2,2H3,(H,26,27)(H,29,32)/b5-4-,17-6+. The van der Waals surface area contributed by atoms with E-state index in [4.69, 9.17) is 6.42 Å². The Hall–Kier alpha value is -4.64. The molecule has 0 bridgehead atoms. The molecule has 1 amide bonds. The summed E-state index contributed by atoms with van der Waals surface area (Å²) in [5.74, 6) is 2.45. The van der Waals surface area contributed by atoms with Crippen molar-refractivity contribution in [3.63, 3.8) is 0 Å². The van der Waals surface area contributed by atoms with Crippen LogP contribution in [-0.2, 0) is 0 Å². The molecule has 160 valence electrons.